The van der Waals surface area contributed by atoms with E-state index >= 15 is 0 Å². The highest BCUT2D eigenvalue weighted by atomic mass is 32.1. The minimum atomic E-state index is -0.480. The third kappa shape index (κ3) is 4.43. The van der Waals surface area contributed by atoms with E-state index in [1.807, 2.05) is 48.5 Å². The van der Waals surface area contributed by atoms with Crippen LogP contribution in [0.3, 0.4) is 0 Å². The highest BCUT2D eigenvalue weighted by Crippen LogP contribution is 2.40. The first kappa shape index (κ1) is 23.7. The Hall–Kier alpha value is -6.63. The lowest BCUT2D eigenvalue weighted by molar-refractivity contribution is 0.669. The van der Waals surface area contributed by atoms with E-state index in [1.165, 1.54) is 10.8 Å². The van der Waals surface area contributed by atoms with Crippen LogP contribution in [0.5, 0.6) is 0 Å². The molecule has 5 nitrogen and oxygen atoms in total. The third-order valence-electron chi connectivity index (χ3n) is 9.55. The first-order valence-corrected chi connectivity index (χ1v) is 17.3. The van der Waals surface area contributed by atoms with E-state index in [-0.39, 0.29) is 23.5 Å². The molecule has 238 valence electrons. The monoisotopic (exact) mass is 675 g/mol. The molecule has 0 N–H and O–H groups in total. The summed E-state index contributed by atoms with van der Waals surface area (Å²) in [5.41, 5.74) is 6.13. The van der Waals surface area contributed by atoms with Gasteiger partial charge in [-0.2, -0.15) is 0 Å². The SMILES string of the molecule is [2H]c1c([2H])c([2H])c(-c2nc(-c3ccc4c(c3)sc3ccc(-n5c6ccccc6c6ccccc65)cc34)nc(-c3ccc4oc5ccccc5c4c3)n2)c([2H])c1[2H]. The molecule has 7 aromatic carbocycles. The molecule has 0 fully saturated rings. The maximum atomic E-state index is 8.74. The van der Waals surface area contributed by atoms with Crippen LogP contribution < -0.4 is 0 Å². The van der Waals surface area contributed by atoms with Gasteiger partial charge >= 0.3 is 0 Å². The highest BCUT2D eigenvalue weighted by molar-refractivity contribution is 7.25. The van der Waals surface area contributed by atoms with Crippen LogP contribution in [0.15, 0.2) is 162 Å². The standard InChI is InChI=1S/C45H26N4OS/c1-2-10-27(11-3-1)43-46-44(28-19-22-40-35(24-28)33-14-6-9-17-39(33)50-40)48-45(47-43)29-18-21-34-36-26-30(20-23-41(36)51-42(34)25-29)49-37-15-7-4-12-31(37)32-13-5-8-16-38(32)49/h1-26H/i1D,2D,3D,10D,11D. The summed E-state index contributed by atoms with van der Waals surface area (Å²) in [7, 11) is 0. The average molecular weight is 676 g/mol. The van der Waals surface area contributed by atoms with Crippen LogP contribution in [-0.4, -0.2) is 19.5 Å². The van der Waals surface area contributed by atoms with E-state index in [4.69, 9.17) is 26.2 Å². The third-order valence-corrected chi connectivity index (χ3v) is 10.7. The van der Waals surface area contributed by atoms with Gasteiger partial charge in [0.15, 0.2) is 17.5 Å². The molecule has 0 aliphatic rings. The molecule has 0 aliphatic heterocycles. The zero-order valence-electron chi connectivity index (χ0n) is 31.7. The maximum absolute atomic E-state index is 8.74. The second kappa shape index (κ2) is 10.9. The molecule has 0 unspecified atom stereocenters. The molecule has 0 spiro atoms. The zero-order valence-corrected chi connectivity index (χ0v) is 27.5. The van der Waals surface area contributed by atoms with E-state index < -0.39 is 18.1 Å². The summed E-state index contributed by atoms with van der Waals surface area (Å²) in [6, 6.07) is 41.0. The largest absolute Gasteiger partial charge is 0.456 e. The van der Waals surface area contributed by atoms with Crippen LogP contribution in [-0.2, 0) is 0 Å². The van der Waals surface area contributed by atoms with E-state index in [0.29, 0.717) is 28.4 Å². The number of fused-ring (bicyclic) bond motifs is 9. The summed E-state index contributed by atoms with van der Waals surface area (Å²) in [5.74, 6) is 0.613. The Bertz CT molecular complexity index is 3380. The summed E-state index contributed by atoms with van der Waals surface area (Å²) in [5, 5.41) is 6.47. The fourth-order valence-electron chi connectivity index (χ4n) is 7.22. The van der Waals surface area contributed by atoms with Crippen LogP contribution >= 0.6 is 11.3 Å². The molecule has 4 heterocycles. The van der Waals surface area contributed by atoms with Crippen molar-refractivity contribution in [3.8, 4) is 39.9 Å². The van der Waals surface area contributed by atoms with Gasteiger partial charge in [-0.05, 0) is 60.7 Å². The minimum Gasteiger partial charge on any atom is -0.456 e. The molecule has 0 saturated carbocycles. The molecule has 0 aliphatic carbocycles. The van der Waals surface area contributed by atoms with E-state index in [1.54, 1.807) is 11.3 Å². The Morgan fingerprint density at radius 1 is 0.471 bits per heavy atom. The fraction of sp³-hybridized carbons (Fsp3) is 0. The van der Waals surface area contributed by atoms with E-state index in [2.05, 4.69) is 83.4 Å². The van der Waals surface area contributed by atoms with Gasteiger partial charge in [0.1, 0.15) is 11.2 Å². The van der Waals surface area contributed by atoms with Crippen LogP contribution in [0.4, 0.5) is 0 Å². The van der Waals surface area contributed by atoms with Crippen molar-refractivity contribution in [2.24, 2.45) is 0 Å². The number of furan rings is 1. The molecular formula is C45H26N4OS. The molecule has 0 radical (unpaired) electrons. The summed E-state index contributed by atoms with van der Waals surface area (Å²) in [4.78, 5) is 14.5. The molecule has 6 heteroatoms. The number of hydrogen-bond acceptors (Lipinski definition) is 5. The number of nitrogens with zero attached hydrogens (tertiary/aromatic N) is 4. The molecule has 0 saturated heterocycles. The van der Waals surface area contributed by atoms with E-state index in [9.17, 15) is 0 Å². The molecule has 11 aromatic rings. The lowest BCUT2D eigenvalue weighted by Gasteiger charge is -2.09. The summed E-state index contributed by atoms with van der Waals surface area (Å²) in [6.45, 7) is 0. The zero-order chi connectivity index (χ0) is 37.8. The van der Waals surface area contributed by atoms with Gasteiger partial charge in [-0.1, -0.05) is 96.9 Å². The molecule has 0 amide bonds. The minimum absolute atomic E-state index is 0.00796. The number of rotatable bonds is 4. The molecule has 11 rings (SSSR count). The van der Waals surface area contributed by atoms with Gasteiger partial charge in [0.25, 0.3) is 0 Å². The number of aromatic nitrogens is 4. The first-order valence-electron chi connectivity index (χ1n) is 19.0. The van der Waals surface area contributed by atoms with Gasteiger partial charge in [0.05, 0.1) is 17.9 Å². The number of hydrogen-bond donors (Lipinski definition) is 0. The molecule has 4 aromatic heterocycles. The lowest BCUT2D eigenvalue weighted by atomic mass is 10.1. The molecule has 0 bridgehead atoms. The van der Waals surface area contributed by atoms with Gasteiger partial charge in [0, 0.05) is 64.1 Å². The number of para-hydroxylation sites is 3. The second-order valence-electron chi connectivity index (χ2n) is 12.5. The predicted octanol–water partition coefficient (Wildman–Crippen LogP) is 12.2. The Morgan fingerprint density at radius 3 is 1.86 bits per heavy atom. The van der Waals surface area contributed by atoms with Crippen molar-refractivity contribution in [2.45, 2.75) is 0 Å². The van der Waals surface area contributed by atoms with Crippen LogP contribution in [0, 0.1) is 0 Å². The van der Waals surface area contributed by atoms with E-state index in [0.717, 1.165) is 53.2 Å². The number of thiophene rings is 1. The van der Waals surface area contributed by atoms with Crippen LogP contribution in [0.1, 0.15) is 6.85 Å². The van der Waals surface area contributed by atoms with Crippen LogP contribution in [0.25, 0.3) is 104 Å². The molecule has 0 atom stereocenters. The van der Waals surface area contributed by atoms with Gasteiger partial charge in [-0.15, -0.1) is 11.3 Å². The normalized spacial score (nSPS) is 13.3. The van der Waals surface area contributed by atoms with Crippen molar-refractivity contribution in [3.63, 3.8) is 0 Å². The lowest BCUT2D eigenvalue weighted by Crippen LogP contribution is -2.00. The number of benzene rings is 7. The van der Waals surface area contributed by atoms with Crippen molar-refractivity contribution in [1.29, 1.82) is 0 Å². The summed E-state index contributed by atoms with van der Waals surface area (Å²) < 4.78 is 52.9. The first-order chi connectivity index (χ1) is 27.3. The van der Waals surface area contributed by atoms with Gasteiger partial charge < -0.3 is 8.98 Å². The van der Waals surface area contributed by atoms with Crippen molar-refractivity contribution in [3.05, 3.63) is 158 Å². The van der Waals surface area contributed by atoms with Gasteiger partial charge in [-0.3, -0.25) is 0 Å². The van der Waals surface area contributed by atoms with Gasteiger partial charge in [-0.25, -0.2) is 15.0 Å². The van der Waals surface area contributed by atoms with Gasteiger partial charge in [0.2, 0.25) is 0 Å². The molecular weight excluding hydrogens is 645 g/mol. The van der Waals surface area contributed by atoms with Crippen molar-refractivity contribution < 1.29 is 11.3 Å². The second-order valence-corrected chi connectivity index (χ2v) is 13.6. The fourth-order valence-corrected chi connectivity index (χ4v) is 8.34. The van der Waals surface area contributed by atoms with Crippen molar-refractivity contribution >= 4 is 75.3 Å². The Balaban J connectivity index is 1.09. The Labute approximate surface area is 302 Å². The predicted molar refractivity (Wildman–Crippen MR) is 211 cm³/mol. The maximum Gasteiger partial charge on any atom is 0.164 e. The molecule has 51 heavy (non-hydrogen) atoms. The Kier molecular flexibility index (Phi) is 5.08. The topological polar surface area (TPSA) is 56.7 Å². The quantitative estimate of drug-likeness (QED) is 0.186. The highest BCUT2D eigenvalue weighted by Gasteiger charge is 2.17. The average Bonchev–Trinajstić information content (AvgIpc) is 3.91. The summed E-state index contributed by atoms with van der Waals surface area (Å²) >= 11 is 1.68. The van der Waals surface area contributed by atoms with Crippen molar-refractivity contribution in [2.75, 3.05) is 0 Å². The smallest absolute Gasteiger partial charge is 0.164 e. The van der Waals surface area contributed by atoms with Crippen molar-refractivity contribution in [1.82, 2.24) is 19.5 Å². The Morgan fingerprint density at radius 2 is 1.10 bits per heavy atom. The van der Waals surface area contributed by atoms with Crippen LogP contribution in [0.2, 0.25) is 0 Å². The summed E-state index contributed by atoms with van der Waals surface area (Å²) in [6.07, 6.45) is 0.